The number of hydrogen-bond donors (Lipinski definition) is 3. The van der Waals surface area contributed by atoms with E-state index in [4.69, 9.17) is 4.74 Å². The van der Waals surface area contributed by atoms with Gasteiger partial charge in [-0.2, -0.15) is 0 Å². The largest absolute Gasteiger partial charge is 0.508 e. The summed E-state index contributed by atoms with van der Waals surface area (Å²) in [4.78, 5) is 1.86. The number of anilines is 3. The Balaban J connectivity index is 1.80. The van der Waals surface area contributed by atoms with E-state index in [0.717, 1.165) is 27.9 Å². The van der Waals surface area contributed by atoms with Crippen LogP contribution in [0, 0.1) is 27.7 Å². The Labute approximate surface area is 193 Å². The summed E-state index contributed by atoms with van der Waals surface area (Å²) in [6, 6.07) is 21.5. The number of benzene rings is 4. The van der Waals surface area contributed by atoms with Crippen molar-refractivity contribution in [2.24, 2.45) is 0 Å². The number of phenolic OH excluding ortho intramolecular Hbond substituents is 3. The molecule has 0 saturated carbocycles. The summed E-state index contributed by atoms with van der Waals surface area (Å²) in [5.41, 5.74) is 5.38. The third-order valence-corrected chi connectivity index (χ3v) is 5.64. The number of phenols is 3. The van der Waals surface area contributed by atoms with E-state index in [1.165, 1.54) is 0 Å². The summed E-state index contributed by atoms with van der Waals surface area (Å²) in [7, 11) is 0. The van der Waals surface area contributed by atoms with Gasteiger partial charge in [0.2, 0.25) is 0 Å². The number of para-hydroxylation sites is 2. The molecule has 33 heavy (non-hydrogen) atoms. The van der Waals surface area contributed by atoms with Crippen LogP contribution >= 0.6 is 0 Å². The zero-order valence-corrected chi connectivity index (χ0v) is 19.1. The van der Waals surface area contributed by atoms with Gasteiger partial charge in [-0.15, -0.1) is 0 Å². The maximum absolute atomic E-state index is 10.7. The van der Waals surface area contributed by atoms with E-state index >= 15 is 0 Å². The van der Waals surface area contributed by atoms with Gasteiger partial charge in [0.1, 0.15) is 28.7 Å². The zero-order chi connectivity index (χ0) is 23.7. The van der Waals surface area contributed by atoms with Crippen LogP contribution in [0.3, 0.4) is 0 Å². The Bertz CT molecular complexity index is 1200. The van der Waals surface area contributed by atoms with E-state index in [1.54, 1.807) is 36.4 Å². The van der Waals surface area contributed by atoms with Gasteiger partial charge in [-0.25, -0.2) is 0 Å². The fourth-order valence-corrected chi connectivity index (χ4v) is 4.11. The Kier molecular flexibility index (Phi) is 5.88. The molecule has 0 aliphatic rings. The third kappa shape index (κ3) is 4.30. The monoisotopic (exact) mass is 441 g/mol. The molecule has 0 aliphatic heterocycles. The first-order valence-electron chi connectivity index (χ1n) is 10.7. The number of nitrogens with zero attached hydrogens (tertiary/aromatic N) is 1. The van der Waals surface area contributed by atoms with Gasteiger partial charge in [0.15, 0.2) is 0 Å². The Morgan fingerprint density at radius 1 is 0.606 bits per heavy atom. The quantitative estimate of drug-likeness (QED) is 0.303. The number of aromatic hydroxyl groups is 3. The SMILES string of the molecule is Cc1cc(O)cc(C)c1Oc1ccc(N(c2c(C)cccc2O)c2c(C)cccc2O)cc1. The van der Waals surface area contributed by atoms with Gasteiger partial charge in [-0.3, -0.25) is 0 Å². The highest BCUT2D eigenvalue weighted by Crippen LogP contribution is 2.46. The fraction of sp³-hybridized carbons (Fsp3) is 0.143. The molecule has 5 nitrogen and oxygen atoms in total. The predicted octanol–water partition coefficient (Wildman–Crippen LogP) is 7.30. The van der Waals surface area contributed by atoms with Gasteiger partial charge < -0.3 is 25.0 Å². The molecule has 0 atom stereocenters. The van der Waals surface area contributed by atoms with Crippen molar-refractivity contribution in [1.82, 2.24) is 0 Å². The normalized spacial score (nSPS) is 10.8. The van der Waals surface area contributed by atoms with Gasteiger partial charge in [0, 0.05) is 5.69 Å². The molecule has 0 saturated heterocycles. The molecule has 0 unspecified atom stereocenters. The highest BCUT2D eigenvalue weighted by Gasteiger charge is 2.22. The van der Waals surface area contributed by atoms with Gasteiger partial charge in [0.05, 0.1) is 11.4 Å². The third-order valence-electron chi connectivity index (χ3n) is 5.64. The first-order chi connectivity index (χ1) is 15.8. The molecule has 4 aromatic rings. The van der Waals surface area contributed by atoms with E-state index in [1.807, 2.05) is 69.0 Å². The minimum Gasteiger partial charge on any atom is -0.508 e. The van der Waals surface area contributed by atoms with Crippen molar-refractivity contribution < 1.29 is 20.1 Å². The molecule has 0 aromatic heterocycles. The molecule has 0 heterocycles. The van der Waals surface area contributed by atoms with Gasteiger partial charge in [0.25, 0.3) is 0 Å². The standard InChI is InChI=1S/C28H27NO4/c1-17-7-5-9-24(31)26(17)29(27-18(2)8-6-10-25(27)32)21-11-13-23(14-12-21)33-28-19(3)15-22(30)16-20(28)4/h5-16,30-32H,1-4H3. The second kappa shape index (κ2) is 8.79. The highest BCUT2D eigenvalue weighted by atomic mass is 16.5. The topological polar surface area (TPSA) is 73.2 Å². The lowest BCUT2D eigenvalue weighted by Gasteiger charge is -2.29. The molecule has 0 aliphatic carbocycles. The summed E-state index contributed by atoms with van der Waals surface area (Å²) >= 11 is 0. The first-order valence-corrected chi connectivity index (χ1v) is 10.7. The van der Waals surface area contributed by atoms with E-state index in [0.29, 0.717) is 22.9 Å². The summed E-state index contributed by atoms with van der Waals surface area (Å²) in [5, 5.41) is 31.2. The number of hydrogen-bond acceptors (Lipinski definition) is 5. The second-order valence-corrected chi connectivity index (χ2v) is 8.23. The summed E-state index contributed by atoms with van der Waals surface area (Å²) in [6.45, 7) is 7.62. The number of aryl methyl sites for hydroxylation is 4. The summed E-state index contributed by atoms with van der Waals surface area (Å²) < 4.78 is 6.11. The van der Waals surface area contributed by atoms with Gasteiger partial charge >= 0.3 is 0 Å². The van der Waals surface area contributed by atoms with E-state index < -0.39 is 0 Å². The van der Waals surface area contributed by atoms with Crippen LogP contribution in [0.4, 0.5) is 17.1 Å². The molecular formula is C28H27NO4. The van der Waals surface area contributed by atoms with Gasteiger partial charge in [-0.05, 0) is 98.5 Å². The van der Waals surface area contributed by atoms with Crippen LogP contribution in [0.15, 0.2) is 72.8 Å². The predicted molar refractivity (Wildman–Crippen MR) is 132 cm³/mol. The van der Waals surface area contributed by atoms with Crippen molar-refractivity contribution in [3.05, 3.63) is 95.1 Å². The maximum atomic E-state index is 10.7. The first kappa shape index (κ1) is 22.1. The molecule has 168 valence electrons. The van der Waals surface area contributed by atoms with Crippen LogP contribution in [0.2, 0.25) is 0 Å². The summed E-state index contributed by atoms with van der Waals surface area (Å²) in [5.74, 6) is 1.78. The molecule has 4 rings (SSSR count). The van der Waals surface area contributed by atoms with E-state index in [2.05, 4.69) is 0 Å². The highest BCUT2D eigenvalue weighted by molar-refractivity contribution is 5.86. The minimum absolute atomic E-state index is 0.119. The minimum atomic E-state index is 0.119. The smallest absolute Gasteiger partial charge is 0.139 e. The van der Waals surface area contributed by atoms with Crippen molar-refractivity contribution >= 4 is 17.1 Å². The lowest BCUT2D eigenvalue weighted by molar-refractivity contribution is 0.458. The van der Waals surface area contributed by atoms with E-state index in [-0.39, 0.29) is 17.2 Å². The van der Waals surface area contributed by atoms with Crippen LogP contribution < -0.4 is 9.64 Å². The van der Waals surface area contributed by atoms with Crippen molar-refractivity contribution in [3.63, 3.8) is 0 Å². The van der Waals surface area contributed by atoms with Crippen molar-refractivity contribution in [2.45, 2.75) is 27.7 Å². The lowest BCUT2D eigenvalue weighted by atomic mass is 10.1. The van der Waals surface area contributed by atoms with Crippen molar-refractivity contribution in [3.8, 4) is 28.7 Å². The molecule has 0 radical (unpaired) electrons. The molecule has 5 heteroatoms. The summed E-state index contributed by atoms with van der Waals surface area (Å²) in [6.07, 6.45) is 0. The lowest BCUT2D eigenvalue weighted by Crippen LogP contribution is -2.13. The Hall–Kier alpha value is -4.12. The van der Waals surface area contributed by atoms with Crippen LogP contribution in [0.1, 0.15) is 22.3 Å². The second-order valence-electron chi connectivity index (χ2n) is 8.23. The van der Waals surface area contributed by atoms with Crippen LogP contribution in [0.25, 0.3) is 0 Å². The van der Waals surface area contributed by atoms with Gasteiger partial charge in [-0.1, -0.05) is 24.3 Å². The van der Waals surface area contributed by atoms with Crippen LogP contribution in [-0.2, 0) is 0 Å². The average molecular weight is 442 g/mol. The molecule has 0 fully saturated rings. The fourth-order valence-electron chi connectivity index (χ4n) is 4.11. The van der Waals surface area contributed by atoms with Crippen LogP contribution in [-0.4, -0.2) is 15.3 Å². The number of rotatable bonds is 5. The molecular weight excluding hydrogens is 414 g/mol. The Morgan fingerprint density at radius 3 is 1.55 bits per heavy atom. The molecule has 0 bridgehead atoms. The van der Waals surface area contributed by atoms with E-state index in [9.17, 15) is 15.3 Å². The average Bonchev–Trinajstić information content (AvgIpc) is 2.75. The number of ether oxygens (including phenoxy) is 1. The van der Waals surface area contributed by atoms with Crippen molar-refractivity contribution in [2.75, 3.05) is 4.90 Å². The molecule has 4 aromatic carbocycles. The molecule has 0 amide bonds. The molecule has 3 N–H and O–H groups in total. The van der Waals surface area contributed by atoms with Crippen LogP contribution in [0.5, 0.6) is 28.7 Å². The van der Waals surface area contributed by atoms with Crippen molar-refractivity contribution in [1.29, 1.82) is 0 Å². The zero-order valence-electron chi connectivity index (χ0n) is 19.1. The maximum Gasteiger partial charge on any atom is 0.139 e. The molecule has 0 spiro atoms. The Morgan fingerprint density at radius 2 is 1.09 bits per heavy atom.